The van der Waals surface area contributed by atoms with Crippen LogP contribution in [0.15, 0.2) is 24.4 Å². The van der Waals surface area contributed by atoms with Crippen molar-refractivity contribution in [3.8, 4) is 11.5 Å². The van der Waals surface area contributed by atoms with Crippen molar-refractivity contribution in [1.82, 2.24) is 4.90 Å². The first kappa shape index (κ1) is 13.1. The molecule has 17 heavy (non-hydrogen) atoms. The fraction of sp³-hybridized carbons (Fsp3) is 0.308. The summed E-state index contributed by atoms with van der Waals surface area (Å²) < 4.78 is 10.3. The lowest BCUT2D eigenvalue weighted by Crippen LogP contribution is -2.03. The molecule has 0 aliphatic carbocycles. The first-order chi connectivity index (χ1) is 8.12. The second kappa shape index (κ2) is 5.94. The Labute approximate surface area is 101 Å². The van der Waals surface area contributed by atoms with Gasteiger partial charge in [-0.3, -0.25) is 4.79 Å². The predicted octanol–water partition coefficient (Wildman–Crippen LogP) is 1.81. The van der Waals surface area contributed by atoms with Crippen molar-refractivity contribution in [1.29, 1.82) is 0 Å². The van der Waals surface area contributed by atoms with E-state index in [1.165, 1.54) is 0 Å². The monoisotopic (exact) mass is 235 g/mol. The lowest BCUT2D eigenvalue weighted by Gasteiger charge is -2.11. The molecule has 0 amide bonds. The average molecular weight is 235 g/mol. The summed E-state index contributed by atoms with van der Waals surface area (Å²) in [6.07, 6.45) is 2.58. The zero-order valence-electron chi connectivity index (χ0n) is 10.6. The smallest absolute Gasteiger partial charge is 0.161 e. The maximum absolute atomic E-state index is 11.0. The van der Waals surface area contributed by atoms with Gasteiger partial charge in [0.25, 0.3) is 0 Å². The third kappa shape index (κ3) is 3.24. The highest BCUT2D eigenvalue weighted by molar-refractivity contribution is 6.06. The lowest BCUT2D eigenvalue weighted by atomic mass is 10.1. The number of allylic oxidation sites excluding steroid dienone is 1. The lowest BCUT2D eigenvalue weighted by molar-refractivity contribution is -0.103. The molecule has 1 aromatic rings. The zero-order chi connectivity index (χ0) is 12.8. The van der Waals surface area contributed by atoms with Crippen LogP contribution < -0.4 is 9.47 Å². The topological polar surface area (TPSA) is 38.8 Å². The van der Waals surface area contributed by atoms with E-state index in [1.54, 1.807) is 32.6 Å². The number of rotatable bonds is 5. The summed E-state index contributed by atoms with van der Waals surface area (Å²) in [4.78, 5) is 12.8. The van der Waals surface area contributed by atoms with Crippen molar-refractivity contribution in [3.05, 3.63) is 30.0 Å². The molecule has 92 valence electrons. The summed E-state index contributed by atoms with van der Waals surface area (Å²) in [6.45, 7) is 0. The molecule has 0 saturated heterocycles. The minimum Gasteiger partial charge on any atom is -0.493 e. The number of benzene rings is 1. The van der Waals surface area contributed by atoms with Gasteiger partial charge in [0, 0.05) is 25.9 Å². The number of aldehydes is 1. The van der Waals surface area contributed by atoms with Gasteiger partial charge in [0.1, 0.15) is 0 Å². The molecule has 0 heterocycles. The predicted molar refractivity (Wildman–Crippen MR) is 67.3 cm³/mol. The van der Waals surface area contributed by atoms with Crippen LogP contribution in [-0.2, 0) is 4.79 Å². The van der Waals surface area contributed by atoms with Gasteiger partial charge >= 0.3 is 0 Å². The van der Waals surface area contributed by atoms with Crippen molar-refractivity contribution in [3.63, 3.8) is 0 Å². The van der Waals surface area contributed by atoms with E-state index in [1.807, 2.05) is 25.1 Å². The zero-order valence-corrected chi connectivity index (χ0v) is 10.6. The van der Waals surface area contributed by atoms with E-state index in [4.69, 9.17) is 9.47 Å². The van der Waals surface area contributed by atoms with Crippen LogP contribution in [0, 0.1) is 0 Å². The van der Waals surface area contributed by atoms with Crippen molar-refractivity contribution in [2.45, 2.75) is 0 Å². The van der Waals surface area contributed by atoms with Gasteiger partial charge in [0.05, 0.1) is 14.2 Å². The minimum atomic E-state index is 0.593. The van der Waals surface area contributed by atoms with Gasteiger partial charge in [-0.05, 0) is 17.7 Å². The molecule has 0 aliphatic heterocycles. The van der Waals surface area contributed by atoms with Crippen molar-refractivity contribution in [2.75, 3.05) is 28.3 Å². The van der Waals surface area contributed by atoms with Gasteiger partial charge in [0.2, 0.25) is 0 Å². The maximum atomic E-state index is 11.0. The fourth-order valence-electron chi connectivity index (χ4n) is 1.47. The number of carbonyl (C=O) groups excluding carboxylic acids is 1. The van der Waals surface area contributed by atoms with Crippen molar-refractivity contribution < 1.29 is 14.3 Å². The summed E-state index contributed by atoms with van der Waals surface area (Å²) in [7, 11) is 6.88. The van der Waals surface area contributed by atoms with Crippen LogP contribution >= 0.6 is 0 Å². The third-order valence-corrected chi connectivity index (χ3v) is 2.24. The molecule has 0 radical (unpaired) electrons. The van der Waals surface area contributed by atoms with Crippen LogP contribution in [0.5, 0.6) is 11.5 Å². The molecule has 4 nitrogen and oxygen atoms in total. The Hall–Kier alpha value is -1.97. The third-order valence-electron chi connectivity index (χ3n) is 2.24. The Kier molecular flexibility index (Phi) is 4.57. The fourth-order valence-corrected chi connectivity index (χ4v) is 1.47. The Morgan fingerprint density at radius 3 is 2.29 bits per heavy atom. The molecule has 0 fully saturated rings. The van der Waals surface area contributed by atoms with Crippen LogP contribution in [-0.4, -0.2) is 39.5 Å². The number of methoxy groups -OCH3 is 2. The molecule has 4 heteroatoms. The van der Waals surface area contributed by atoms with Crippen molar-refractivity contribution in [2.24, 2.45) is 0 Å². The Bertz CT molecular complexity index is 425. The maximum Gasteiger partial charge on any atom is 0.161 e. The van der Waals surface area contributed by atoms with Gasteiger partial charge in [-0.15, -0.1) is 0 Å². The van der Waals surface area contributed by atoms with Gasteiger partial charge in [-0.2, -0.15) is 0 Å². The molecule has 0 saturated carbocycles. The van der Waals surface area contributed by atoms with Crippen molar-refractivity contribution >= 4 is 11.9 Å². The summed E-state index contributed by atoms with van der Waals surface area (Å²) in [5.74, 6) is 1.25. The van der Waals surface area contributed by atoms with E-state index in [-0.39, 0.29) is 0 Å². The first-order valence-electron chi connectivity index (χ1n) is 5.18. The summed E-state index contributed by atoms with van der Waals surface area (Å²) in [6, 6.07) is 5.38. The normalized spacial score (nSPS) is 10.9. The highest BCUT2D eigenvalue weighted by Gasteiger charge is 2.07. The average Bonchev–Trinajstić information content (AvgIpc) is 2.34. The molecule has 0 spiro atoms. The summed E-state index contributed by atoms with van der Waals surface area (Å²) >= 11 is 0. The quantitative estimate of drug-likeness (QED) is 0.576. The molecule has 0 bridgehead atoms. The summed E-state index contributed by atoms with van der Waals surface area (Å²) in [5.41, 5.74) is 1.39. The second-order valence-electron chi connectivity index (χ2n) is 3.74. The number of hydrogen-bond acceptors (Lipinski definition) is 4. The standard InChI is InChI=1S/C13H17NO3/c1-14(2)8-11(9-15)10-5-6-12(16-3)13(7-10)17-4/h5-9H,1-4H3. The number of carbonyl (C=O) groups is 1. The Balaban J connectivity index is 3.18. The SMILES string of the molecule is COc1ccc(C(C=O)=CN(C)C)cc1OC. The van der Waals surface area contributed by atoms with Gasteiger partial charge in [0.15, 0.2) is 17.8 Å². The van der Waals surface area contributed by atoms with Gasteiger partial charge in [-0.25, -0.2) is 0 Å². The highest BCUT2D eigenvalue weighted by atomic mass is 16.5. The largest absolute Gasteiger partial charge is 0.493 e. The van der Waals surface area contributed by atoms with E-state index >= 15 is 0 Å². The van der Waals surface area contributed by atoms with Gasteiger partial charge in [-0.1, -0.05) is 6.07 Å². The number of hydrogen-bond donors (Lipinski definition) is 0. The van der Waals surface area contributed by atoms with E-state index in [2.05, 4.69) is 0 Å². The van der Waals surface area contributed by atoms with Crippen LogP contribution in [0.1, 0.15) is 5.56 Å². The molecule has 0 aliphatic rings. The Morgan fingerprint density at radius 1 is 1.18 bits per heavy atom. The van der Waals surface area contributed by atoms with E-state index in [0.717, 1.165) is 11.8 Å². The molecular weight excluding hydrogens is 218 g/mol. The minimum absolute atomic E-state index is 0.593. The van der Waals surface area contributed by atoms with E-state index < -0.39 is 0 Å². The molecule has 0 atom stereocenters. The molecule has 0 N–H and O–H groups in total. The molecule has 1 rings (SSSR count). The molecular formula is C13H17NO3. The molecule has 0 aromatic heterocycles. The van der Waals surface area contributed by atoms with Gasteiger partial charge < -0.3 is 14.4 Å². The van der Waals surface area contributed by atoms with E-state index in [0.29, 0.717) is 17.1 Å². The first-order valence-corrected chi connectivity index (χ1v) is 5.18. The Morgan fingerprint density at radius 2 is 1.82 bits per heavy atom. The van der Waals surface area contributed by atoms with Crippen LogP contribution in [0.4, 0.5) is 0 Å². The number of nitrogens with zero attached hydrogens (tertiary/aromatic N) is 1. The van der Waals surface area contributed by atoms with Crippen LogP contribution in [0.25, 0.3) is 5.57 Å². The molecule has 0 unspecified atom stereocenters. The second-order valence-corrected chi connectivity index (χ2v) is 3.74. The molecule has 1 aromatic carbocycles. The highest BCUT2D eigenvalue weighted by Crippen LogP contribution is 2.29. The van der Waals surface area contributed by atoms with Crippen LogP contribution in [0.3, 0.4) is 0 Å². The van der Waals surface area contributed by atoms with E-state index in [9.17, 15) is 4.79 Å². The summed E-state index contributed by atoms with van der Waals surface area (Å²) in [5, 5.41) is 0. The number of ether oxygens (including phenoxy) is 2. The van der Waals surface area contributed by atoms with Crippen LogP contribution in [0.2, 0.25) is 0 Å².